The van der Waals surface area contributed by atoms with Crippen LogP contribution in [0.1, 0.15) is 36.6 Å². The molecule has 0 saturated heterocycles. The number of carbonyl (C=O) groups excluding carboxylic acids is 1. The van der Waals surface area contributed by atoms with E-state index in [9.17, 15) is 10.1 Å². The topological polar surface area (TPSA) is 105 Å². The Morgan fingerprint density at radius 2 is 2.06 bits per heavy atom. The van der Waals surface area contributed by atoms with Gasteiger partial charge in [-0.25, -0.2) is 4.39 Å². The summed E-state index contributed by atoms with van der Waals surface area (Å²) in [6.07, 6.45) is 1.48. The maximum atomic E-state index is 15.9. The van der Waals surface area contributed by atoms with Crippen LogP contribution < -0.4 is 4.74 Å². The van der Waals surface area contributed by atoms with Gasteiger partial charge >= 0.3 is 0 Å². The van der Waals surface area contributed by atoms with E-state index in [4.69, 9.17) is 16.3 Å². The number of aromatic amines is 1. The first kappa shape index (κ1) is 22.8. The maximum Gasteiger partial charge on any atom is 0.178 e. The molecule has 166 valence electrons. The minimum Gasteiger partial charge on any atom is -0.453 e. The molecule has 1 atom stereocenters. The molecule has 1 N–H and O–H groups in total. The largest absolute Gasteiger partial charge is 0.453 e. The number of hydrogen-bond donors (Lipinski definition) is 1. The van der Waals surface area contributed by atoms with Crippen molar-refractivity contribution in [3.05, 3.63) is 74.7 Å². The molecular formula is C23H16BrClFN5O2. The zero-order valence-electron chi connectivity index (χ0n) is 17.4. The third-order valence-electron chi connectivity index (χ3n) is 5.02. The summed E-state index contributed by atoms with van der Waals surface area (Å²) in [6.45, 7) is 3.49. The highest BCUT2D eigenvalue weighted by Gasteiger charge is 2.33. The maximum absolute atomic E-state index is 15.9. The van der Waals surface area contributed by atoms with Crippen LogP contribution in [0.15, 0.2) is 47.1 Å². The van der Waals surface area contributed by atoms with Crippen LogP contribution >= 0.6 is 27.5 Å². The summed E-state index contributed by atoms with van der Waals surface area (Å²) < 4.78 is 22.0. The number of Topliss-reactive ketones (excluding diaryl/α,β-unsaturated/α-hetero) is 1. The second-order valence-corrected chi connectivity index (χ2v) is 8.85. The molecule has 0 aliphatic heterocycles. The number of nitriles is 1. The Morgan fingerprint density at radius 3 is 2.79 bits per heavy atom. The zero-order chi connectivity index (χ0) is 23.7. The van der Waals surface area contributed by atoms with Crippen LogP contribution in [0.4, 0.5) is 4.39 Å². The molecule has 7 nitrogen and oxygen atoms in total. The molecule has 0 aliphatic carbocycles. The molecule has 2 aromatic heterocycles. The average molecular weight is 529 g/mol. The van der Waals surface area contributed by atoms with Crippen LogP contribution in [0, 0.1) is 23.1 Å². The first-order valence-corrected chi connectivity index (χ1v) is 11.0. The number of benzene rings is 2. The highest BCUT2D eigenvalue weighted by Crippen LogP contribution is 2.40. The zero-order valence-corrected chi connectivity index (χ0v) is 19.8. The van der Waals surface area contributed by atoms with Crippen LogP contribution in [0.5, 0.6) is 11.5 Å². The Labute approximate surface area is 201 Å². The number of nitrogens with zero attached hydrogens (tertiary/aromatic N) is 4. The van der Waals surface area contributed by atoms with Crippen LogP contribution in [0.2, 0.25) is 5.02 Å². The van der Waals surface area contributed by atoms with E-state index in [2.05, 4.69) is 36.3 Å². The first-order valence-electron chi connectivity index (χ1n) is 9.86. The highest BCUT2D eigenvalue weighted by atomic mass is 79.9. The van der Waals surface area contributed by atoms with Crippen molar-refractivity contribution >= 4 is 44.3 Å². The SMILES string of the molecule is CC(C)C(=O)C(c1ccc(Br)c(Oc2cc(Cl)cc(C#N)c2)c1F)c1n[nH]c2nnccc12. The average Bonchev–Trinajstić information content (AvgIpc) is 3.21. The summed E-state index contributed by atoms with van der Waals surface area (Å²) >= 11 is 9.36. The van der Waals surface area contributed by atoms with Gasteiger partial charge in [0.1, 0.15) is 11.5 Å². The number of halogens is 3. The molecule has 4 rings (SSSR count). The van der Waals surface area contributed by atoms with Gasteiger partial charge in [0.25, 0.3) is 0 Å². The Balaban J connectivity index is 1.87. The molecule has 1 unspecified atom stereocenters. The first-order chi connectivity index (χ1) is 15.8. The monoisotopic (exact) mass is 527 g/mol. The van der Waals surface area contributed by atoms with E-state index < -0.39 is 17.7 Å². The molecule has 2 heterocycles. The summed E-state index contributed by atoms with van der Waals surface area (Å²) in [5.74, 6) is -2.31. The van der Waals surface area contributed by atoms with Crippen molar-refractivity contribution in [3.8, 4) is 17.6 Å². The predicted molar refractivity (Wildman–Crippen MR) is 124 cm³/mol. The van der Waals surface area contributed by atoms with Crippen molar-refractivity contribution in [1.29, 1.82) is 5.26 Å². The molecule has 4 aromatic rings. The quantitative estimate of drug-likeness (QED) is 0.333. The summed E-state index contributed by atoms with van der Waals surface area (Å²) in [6, 6.07) is 11.2. The number of rotatable bonds is 6. The van der Waals surface area contributed by atoms with E-state index in [1.54, 1.807) is 26.0 Å². The van der Waals surface area contributed by atoms with Crippen LogP contribution in [-0.2, 0) is 4.79 Å². The number of ether oxygens (including phenoxy) is 1. The smallest absolute Gasteiger partial charge is 0.178 e. The lowest BCUT2D eigenvalue weighted by molar-refractivity contribution is -0.122. The second-order valence-electron chi connectivity index (χ2n) is 7.56. The number of carbonyl (C=O) groups is 1. The van der Waals surface area contributed by atoms with Crippen LogP contribution in [-0.4, -0.2) is 26.2 Å². The summed E-state index contributed by atoms with van der Waals surface area (Å²) in [7, 11) is 0. The molecule has 0 radical (unpaired) electrons. The lowest BCUT2D eigenvalue weighted by Gasteiger charge is -2.20. The van der Waals surface area contributed by atoms with Gasteiger partial charge in [0.05, 0.1) is 33.9 Å². The standard InChI is InChI=1S/C23H16BrClFN5O2/c1-11(2)21(32)18(20-16-5-6-28-30-23(16)31-29-20)15-3-4-17(24)22(19(15)26)33-14-8-12(10-27)7-13(25)9-14/h3-9,11,18H,1-2H3,(H,29,30,31). The van der Waals surface area contributed by atoms with E-state index in [1.807, 2.05) is 6.07 Å². The molecule has 0 fully saturated rings. The lowest BCUT2D eigenvalue weighted by atomic mass is 9.85. The van der Waals surface area contributed by atoms with Gasteiger partial charge in [-0.1, -0.05) is 31.5 Å². The number of aromatic nitrogens is 4. The number of H-pyrrole nitrogens is 1. The van der Waals surface area contributed by atoms with Crippen LogP contribution in [0.25, 0.3) is 11.0 Å². The molecule has 2 aromatic carbocycles. The number of nitrogens with one attached hydrogen (secondary N) is 1. The van der Waals surface area contributed by atoms with Crippen LogP contribution in [0.3, 0.4) is 0 Å². The van der Waals surface area contributed by atoms with Gasteiger partial charge < -0.3 is 4.74 Å². The van der Waals surface area contributed by atoms with Crippen molar-refractivity contribution < 1.29 is 13.9 Å². The molecule has 0 spiro atoms. The Bertz CT molecular complexity index is 1420. The molecule has 33 heavy (non-hydrogen) atoms. The van der Waals surface area contributed by atoms with Crippen molar-refractivity contribution in [3.63, 3.8) is 0 Å². The summed E-state index contributed by atoms with van der Waals surface area (Å²) in [4.78, 5) is 13.3. The van der Waals surface area contributed by atoms with Gasteiger partial charge in [-0.2, -0.15) is 15.5 Å². The van der Waals surface area contributed by atoms with Crippen molar-refractivity contribution in [2.45, 2.75) is 19.8 Å². The Hall–Kier alpha value is -3.35. The molecular weight excluding hydrogens is 513 g/mol. The van der Waals surface area contributed by atoms with E-state index in [1.165, 1.54) is 30.5 Å². The third kappa shape index (κ3) is 4.45. The van der Waals surface area contributed by atoms with E-state index >= 15 is 4.39 Å². The number of hydrogen-bond acceptors (Lipinski definition) is 6. The lowest BCUT2D eigenvalue weighted by Crippen LogP contribution is -2.21. The molecule has 0 saturated carbocycles. The van der Waals surface area contributed by atoms with Gasteiger partial charge in [-0.05, 0) is 46.3 Å². The second kappa shape index (κ2) is 9.25. The van der Waals surface area contributed by atoms with Gasteiger partial charge in [0.15, 0.2) is 17.2 Å². The van der Waals surface area contributed by atoms with Gasteiger partial charge in [0.2, 0.25) is 0 Å². The molecule has 0 amide bonds. The Kier molecular flexibility index (Phi) is 6.40. The number of ketones is 1. The van der Waals surface area contributed by atoms with Crippen molar-refractivity contribution in [2.24, 2.45) is 5.92 Å². The summed E-state index contributed by atoms with van der Waals surface area (Å²) in [5.41, 5.74) is 1.10. The highest BCUT2D eigenvalue weighted by molar-refractivity contribution is 9.10. The van der Waals surface area contributed by atoms with Crippen molar-refractivity contribution in [1.82, 2.24) is 20.4 Å². The minimum atomic E-state index is -1.01. The molecule has 0 bridgehead atoms. The minimum absolute atomic E-state index is 0.0969. The van der Waals surface area contributed by atoms with E-state index in [0.29, 0.717) is 21.2 Å². The van der Waals surface area contributed by atoms with Crippen molar-refractivity contribution in [2.75, 3.05) is 0 Å². The van der Waals surface area contributed by atoms with Gasteiger partial charge in [-0.3, -0.25) is 9.89 Å². The fourth-order valence-electron chi connectivity index (χ4n) is 3.45. The fourth-order valence-corrected chi connectivity index (χ4v) is 4.06. The number of fused-ring (bicyclic) bond motifs is 1. The molecule has 0 aliphatic rings. The van der Waals surface area contributed by atoms with E-state index in [-0.39, 0.29) is 33.4 Å². The van der Waals surface area contributed by atoms with E-state index in [0.717, 1.165) is 0 Å². The summed E-state index contributed by atoms with van der Waals surface area (Å²) in [5, 5.41) is 24.8. The molecule has 10 heteroatoms. The Morgan fingerprint density at radius 1 is 1.27 bits per heavy atom. The fraction of sp³-hybridized carbons (Fsp3) is 0.174. The normalized spacial score (nSPS) is 12.0. The van der Waals surface area contributed by atoms with Gasteiger partial charge in [-0.15, -0.1) is 5.10 Å². The third-order valence-corrected chi connectivity index (χ3v) is 5.86. The van der Waals surface area contributed by atoms with Gasteiger partial charge in [0, 0.05) is 21.9 Å². The predicted octanol–water partition coefficient (Wildman–Crippen LogP) is 5.93.